The number of hydrogen-bond acceptors (Lipinski definition) is 3. The van der Waals surface area contributed by atoms with Crippen LogP contribution < -0.4 is 4.74 Å². The Kier molecular flexibility index (Phi) is 3.92. The molecule has 1 N–H and O–H groups in total. The highest BCUT2D eigenvalue weighted by Crippen LogP contribution is 2.30. The van der Waals surface area contributed by atoms with Gasteiger partial charge in [0.05, 0.1) is 6.61 Å². The Labute approximate surface area is 89.0 Å². The molecule has 0 bridgehead atoms. The average molecular weight is 206 g/mol. The summed E-state index contributed by atoms with van der Waals surface area (Å²) in [5, 5.41) is 9.75. The zero-order chi connectivity index (χ0) is 11.3. The van der Waals surface area contributed by atoms with E-state index in [0.717, 1.165) is 0 Å². The topological polar surface area (TPSA) is 46.5 Å². The normalized spacial score (nSPS) is 10.5. The Morgan fingerprint density at radius 2 is 2.27 bits per heavy atom. The van der Waals surface area contributed by atoms with Crippen molar-refractivity contribution in [2.24, 2.45) is 0 Å². The smallest absolute Gasteiger partial charge is 0.165 e. The van der Waals surface area contributed by atoms with Gasteiger partial charge in [-0.25, -0.2) is 0 Å². The van der Waals surface area contributed by atoms with Gasteiger partial charge < -0.3 is 9.84 Å². The Hall–Kier alpha value is -1.77. The zero-order valence-electron chi connectivity index (χ0n) is 8.86. The minimum Gasteiger partial charge on any atom is -0.504 e. The molecule has 3 heteroatoms. The van der Waals surface area contributed by atoms with Crippen LogP contribution in [0.4, 0.5) is 0 Å². The van der Waals surface area contributed by atoms with Crippen molar-refractivity contribution in [1.82, 2.24) is 0 Å². The molecule has 0 aromatic heterocycles. The molecule has 0 aliphatic heterocycles. The number of carbonyl (C=O) groups is 1. The van der Waals surface area contributed by atoms with Crippen LogP contribution in [0.5, 0.6) is 11.5 Å². The molecule has 3 nitrogen and oxygen atoms in total. The van der Waals surface area contributed by atoms with Gasteiger partial charge in [-0.1, -0.05) is 12.1 Å². The summed E-state index contributed by atoms with van der Waals surface area (Å²) < 4.78 is 5.22. The van der Waals surface area contributed by atoms with E-state index in [1.165, 1.54) is 13.0 Å². The fourth-order valence-electron chi connectivity index (χ4n) is 1.15. The van der Waals surface area contributed by atoms with Crippen LogP contribution in [0.15, 0.2) is 24.3 Å². The summed E-state index contributed by atoms with van der Waals surface area (Å²) in [5.41, 5.74) is 0.580. The van der Waals surface area contributed by atoms with Crippen LogP contribution in [0, 0.1) is 0 Å². The summed E-state index contributed by atoms with van der Waals surface area (Å²) in [4.78, 5) is 10.7. The molecule has 0 saturated heterocycles. The fraction of sp³-hybridized carbons (Fsp3) is 0.250. The molecule has 0 aliphatic rings. The van der Waals surface area contributed by atoms with Crippen LogP contribution in [0.3, 0.4) is 0 Å². The van der Waals surface area contributed by atoms with E-state index in [9.17, 15) is 9.90 Å². The predicted octanol–water partition coefficient (Wildman–Crippen LogP) is 2.39. The molecule has 0 radical (unpaired) electrons. The van der Waals surface area contributed by atoms with Crippen LogP contribution >= 0.6 is 0 Å². The molecule has 1 rings (SSSR count). The molecule has 0 amide bonds. The number of phenolic OH excluding ortho intramolecular Hbond substituents is 1. The van der Waals surface area contributed by atoms with E-state index in [2.05, 4.69) is 0 Å². The van der Waals surface area contributed by atoms with Crippen LogP contribution in [-0.2, 0) is 4.79 Å². The second kappa shape index (κ2) is 5.20. The van der Waals surface area contributed by atoms with Crippen molar-refractivity contribution in [3.8, 4) is 11.5 Å². The molecular formula is C12H14O3. The van der Waals surface area contributed by atoms with Gasteiger partial charge in [0.2, 0.25) is 0 Å². The lowest BCUT2D eigenvalue weighted by Crippen LogP contribution is -1.92. The van der Waals surface area contributed by atoms with E-state index < -0.39 is 0 Å². The van der Waals surface area contributed by atoms with Crippen LogP contribution in [0.1, 0.15) is 19.4 Å². The third-order valence-corrected chi connectivity index (χ3v) is 1.83. The quantitative estimate of drug-likeness (QED) is 0.769. The lowest BCUT2D eigenvalue weighted by molar-refractivity contribution is -0.112. The van der Waals surface area contributed by atoms with E-state index in [1.54, 1.807) is 24.3 Å². The second-order valence-corrected chi connectivity index (χ2v) is 3.07. The van der Waals surface area contributed by atoms with Gasteiger partial charge >= 0.3 is 0 Å². The molecular weight excluding hydrogens is 192 g/mol. The summed E-state index contributed by atoms with van der Waals surface area (Å²) in [6.45, 7) is 3.80. The standard InChI is InChI=1S/C12H14O3/c1-3-15-11-6-4-5-10(12(11)14)8-7-9(2)13/h4-8,14H,3H2,1-2H3/b8-7+. The summed E-state index contributed by atoms with van der Waals surface area (Å²) in [5.74, 6) is 0.441. The van der Waals surface area contributed by atoms with Gasteiger partial charge in [0.25, 0.3) is 0 Å². The number of aromatic hydroxyl groups is 1. The number of rotatable bonds is 4. The molecule has 0 heterocycles. The van der Waals surface area contributed by atoms with Crippen LogP contribution in [0.25, 0.3) is 6.08 Å². The highest BCUT2D eigenvalue weighted by molar-refractivity contribution is 5.92. The minimum absolute atomic E-state index is 0.0591. The largest absolute Gasteiger partial charge is 0.504 e. The van der Waals surface area contributed by atoms with Crippen molar-refractivity contribution in [3.63, 3.8) is 0 Å². The van der Waals surface area contributed by atoms with Crippen molar-refractivity contribution in [2.75, 3.05) is 6.61 Å². The SMILES string of the molecule is CCOc1cccc(/C=C/C(C)=O)c1O. The number of allylic oxidation sites excluding steroid dienone is 1. The fourth-order valence-corrected chi connectivity index (χ4v) is 1.15. The second-order valence-electron chi connectivity index (χ2n) is 3.07. The highest BCUT2D eigenvalue weighted by atomic mass is 16.5. The van der Waals surface area contributed by atoms with Crippen molar-refractivity contribution in [3.05, 3.63) is 29.8 Å². The van der Waals surface area contributed by atoms with Gasteiger partial charge in [0.1, 0.15) is 0 Å². The summed E-state index contributed by atoms with van der Waals surface area (Å²) in [7, 11) is 0. The maximum absolute atomic E-state index is 10.7. The number of ketones is 1. The molecule has 0 spiro atoms. The monoisotopic (exact) mass is 206 g/mol. The Bertz CT molecular complexity index is 380. The molecule has 15 heavy (non-hydrogen) atoms. The van der Waals surface area contributed by atoms with Crippen molar-refractivity contribution < 1.29 is 14.6 Å². The molecule has 0 atom stereocenters. The van der Waals surface area contributed by atoms with E-state index in [0.29, 0.717) is 17.9 Å². The molecule has 0 aliphatic carbocycles. The van der Waals surface area contributed by atoms with Crippen molar-refractivity contribution in [2.45, 2.75) is 13.8 Å². The number of para-hydroxylation sites is 1. The summed E-state index contributed by atoms with van der Waals surface area (Å²) in [6, 6.07) is 5.17. The first kappa shape index (κ1) is 11.3. The van der Waals surface area contributed by atoms with E-state index in [4.69, 9.17) is 4.74 Å². The van der Waals surface area contributed by atoms with Gasteiger partial charge in [0, 0.05) is 5.56 Å². The highest BCUT2D eigenvalue weighted by Gasteiger charge is 2.04. The first-order valence-electron chi connectivity index (χ1n) is 4.78. The van der Waals surface area contributed by atoms with Gasteiger partial charge in [0.15, 0.2) is 17.3 Å². The number of hydrogen-bond donors (Lipinski definition) is 1. The van der Waals surface area contributed by atoms with Crippen molar-refractivity contribution >= 4 is 11.9 Å². The molecule has 0 fully saturated rings. The average Bonchev–Trinajstić information content (AvgIpc) is 2.19. The first-order chi connectivity index (χ1) is 7.15. The Morgan fingerprint density at radius 1 is 1.53 bits per heavy atom. The van der Waals surface area contributed by atoms with Gasteiger partial charge in [-0.05, 0) is 32.1 Å². The lowest BCUT2D eigenvalue weighted by Gasteiger charge is -2.07. The molecule has 80 valence electrons. The number of ether oxygens (including phenoxy) is 1. The maximum atomic E-state index is 10.7. The van der Waals surface area contributed by atoms with Crippen molar-refractivity contribution in [1.29, 1.82) is 0 Å². The number of benzene rings is 1. The maximum Gasteiger partial charge on any atom is 0.165 e. The predicted molar refractivity (Wildman–Crippen MR) is 59.0 cm³/mol. The van der Waals surface area contributed by atoms with E-state index in [-0.39, 0.29) is 11.5 Å². The number of phenols is 1. The third-order valence-electron chi connectivity index (χ3n) is 1.83. The van der Waals surface area contributed by atoms with Gasteiger partial charge in [-0.15, -0.1) is 0 Å². The van der Waals surface area contributed by atoms with Gasteiger partial charge in [-0.2, -0.15) is 0 Å². The minimum atomic E-state index is -0.0591. The molecule has 0 saturated carbocycles. The summed E-state index contributed by atoms with van der Waals surface area (Å²) in [6.07, 6.45) is 2.98. The van der Waals surface area contributed by atoms with E-state index >= 15 is 0 Å². The third kappa shape index (κ3) is 3.13. The lowest BCUT2D eigenvalue weighted by atomic mass is 10.1. The first-order valence-corrected chi connectivity index (χ1v) is 4.78. The summed E-state index contributed by atoms with van der Waals surface area (Å²) >= 11 is 0. The zero-order valence-corrected chi connectivity index (χ0v) is 8.86. The molecule has 0 unspecified atom stereocenters. The van der Waals surface area contributed by atoms with Crippen LogP contribution in [0.2, 0.25) is 0 Å². The molecule has 1 aromatic carbocycles. The Balaban J connectivity index is 2.98. The van der Waals surface area contributed by atoms with Crippen LogP contribution in [-0.4, -0.2) is 17.5 Å². The van der Waals surface area contributed by atoms with Gasteiger partial charge in [-0.3, -0.25) is 4.79 Å². The Morgan fingerprint density at radius 3 is 2.87 bits per heavy atom. The molecule has 1 aromatic rings. The van der Waals surface area contributed by atoms with E-state index in [1.807, 2.05) is 6.92 Å². The number of carbonyl (C=O) groups excluding carboxylic acids is 1.